The van der Waals surface area contributed by atoms with Gasteiger partial charge in [0, 0.05) is 12.0 Å². The predicted molar refractivity (Wildman–Crippen MR) is 129 cm³/mol. The molecule has 7 heteroatoms. The fourth-order valence-corrected chi connectivity index (χ4v) is 5.21. The first kappa shape index (κ1) is 24.2. The van der Waals surface area contributed by atoms with Crippen LogP contribution in [0.4, 0.5) is 0 Å². The molecule has 1 aliphatic heterocycles. The molecule has 0 saturated carbocycles. The summed E-state index contributed by atoms with van der Waals surface area (Å²) < 4.78 is 5.82. The summed E-state index contributed by atoms with van der Waals surface area (Å²) in [5.74, 6) is 0.819. The van der Waals surface area contributed by atoms with Crippen molar-refractivity contribution in [3.63, 3.8) is 0 Å². The SMILES string of the molecule is Cl.NC(=O)CCOc1ccc2c(c1)C(Cc1ccc(Cl)c(Cl)c1)C(N1CCCC1)CC2. The van der Waals surface area contributed by atoms with E-state index >= 15 is 0 Å². The normalized spacial score (nSPS) is 20.7. The fraction of sp³-hybridized carbons (Fsp3) is 0.458. The Kier molecular flexibility index (Phi) is 8.51. The fourth-order valence-electron chi connectivity index (χ4n) is 4.89. The van der Waals surface area contributed by atoms with Crippen molar-refractivity contribution < 1.29 is 9.53 Å². The van der Waals surface area contributed by atoms with Crippen LogP contribution in [-0.2, 0) is 17.6 Å². The molecule has 4 nitrogen and oxygen atoms in total. The number of rotatable bonds is 7. The number of nitrogens with zero attached hydrogens (tertiary/aromatic N) is 1. The van der Waals surface area contributed by atoms with E-state index in [9.17, 15) is 4.79 Å². The lowest BCUT2D eigenvalue weighted by Crippen LogP contribution is -2.41. The van der Waals surface area contributed by atoms with E-state index in [4.69, 9.17) is 33.7 Å². The number of carbonyl (C=O) groups is 1. The second-order valence-electron chi connectivity index (χ2n) is 8.33. The molecule has 1 amide bonds. The molecule has 2 unspecified atom stereocenters. The van der Waals surface area contributed by atoms with Gasteiger partial charge in [-0.2, -0.15) is 0 Å². The van der Waals surface area contributed by atoms with Crippen molar-refractivity contribution in [3.05, 3.63) is 63.1 Å². The van der Waals surface area contributed by atoms with Crippen LogP contribution in [0.5, 0.6) is 5.75 Å². The predicted octanol–water partition coefficient (Wildman–Crippen LogP) is 5.41. The van der Waals surface area contributed by atoms with E-state index in [1.807, 2.05) is 18.2 Å². The van der Waals surface area contributed by atoms with E-state index in [-0.39, 0.29) is 24.7 Å². The zero-order valence-electron chi connectivity index (χ0n) is 17.5. The number of nitrogens with two attached hydrogens (primary N) is 1. The molecule has 2 aromatic carbocycles. The summed E-state index contributed by atoms with van der Waals surface area (Å²) in [7, 11) is 0. The third kappa shape index (κ3) is 5.87. The molecule has 0 bridgehead atoms. The van der Waals surface area contributed by atoms with E-state index in [2.05, 4.69) is 23.1 Å². The molecule has 2 aromatic rings. The van der Waals surface area contributed by atoms with Gasteiger partial charge in [0.05, 0.1) is 23.1 Å². The number of carbonyl (C=O) groups excluding carboxylic acids is 1. The number of amides is 1. The highest BCUT2D eigenvalue weighted by Gasteiger charge is 2.35. The Morgan fingerprint density at radius 1 is 1.10 bits per heavy atom. The average molecular weight is 484 g/mol. The first-order valence-electron chi connectivity index (χ1n) is 10.7. The molecule has 168 valence electrons. The largest absolute Gasteiger partial charge is 0.493 e. The van der Waals surface area contributed by atoms with Crippen molar-refractivity contribution in [2.24, 2.45) is 5.73 Å². The second-order valence-corrected chi connectivity index (χ2v) is 9.15. The highest BCUT2D eigenvalue weighted by atomic mass is 35.5. The van der Waals surface area contributed by atoms with Crippen LogP contribution >= 0.6 is 35.6 Å². The lowest BCUT2D eigenvalue weighted by atomic mass is 9.75. The smallest absolute Gasteiger partial charge is 0.220 e. The van der Waals surface area contributed by atoms with Crippen molar-refractivity contribution >= 4 is 41.5 Å². The maximum absolute atomic E-state index is 11.0. The number of primary amides is 1. The lowest BCUT2D eigenvalue weighted by molar-refractivity contribution is -0.118. The molecule has 4 rings (SSSR count). The first-order valence-corrected chi connectivity index (χ1v) is 11.5. The van der Waals surface area contributed by atoms with E-state index in [1.165, 1.54) is 49.0 Å². The monoisotopic (exact) mass is 482 g/mol. The van der Waals surface area contributed by atoms with Crippen molar-refractivity contribution in [2.45, 2.75) is 50.5 Å². The maximum Gasteiger partial charge on any atom is 0.220 e. The number of ether oxygens (including phenoxy) is 1. The molecule has 2 aliphatic rings. The zero-order valence-corrected chi connectivity index (χ0v) is 19.8. The van der Waals surface area contributed by atoms with Crippen LogP contribution in [0.2, 0.25) is 10.0 Å². The summed E-state index contributed by atoms with van der Waals surface area (Å²) in [6.07, 6.45) is 5.94. The molecule has 0 radical (unpaired) electrons. The average Bonchev–Trinajstić information content (AvgIpc) is 3.25. The Labute approximate surface area is 200 Å². The van der Waals surface area contributed by atoms with Crippen LogP contribution in [-0.4, -0.2) is 36.5 Å². The van der Waals surface area contributed by atoms with Gasteiger partial charge in [0.25, 0.3) is 0 Å². The summed E-state index contributed by atoms with van der Waals surface area (Å²) in [5.41, 5.74) is 9.18. The summed E-state index contributed by atoms with van der Waals surface area (Å²) in [5, 5.41) is 1.19. The number of hydrogen-bond acceptors (Lipinski definition) is 3. The van der Waals surface area contributed by atoms with Crippen molar-refractivity contribution in [3.8, 4) is 5.75 Å². The second kappa shape index (κ2) is 10.9. The highest BCUT2D eigenvalue weighted by Crippen LogP contribution is 2.40. The van der Waals surface area contributed by atoms with Gasteiger partial charge in [-0.05, 0) is 86.1 Å². The van der Waals surface area contributed by atoms with Crippen LogP contribution in [0, 0.1) is 0 Å². The van der Waals surface area contributed by atoms with E-state index in [0.717, 1.165) is 18.6 Å². The minimum atomic E-state index is -0.348. The molecule has 31 heavy (non-hydrogen) atoms. The van der Waals surface area contributed by atoms with E-state index in [0.29, 0.717) is 28.6 Å². The molecule has 1 fully saturated rings. The van der Waals surface area contributed by atoms with Gasteiger partial charge in [-0.3, -0.25) is 9.69 Å². The molecule has 1 saturated heterocycles. The molecule has 1 heterocycles. The summed E-state index contributed by atoms with van der Waals surface area (Å²) >= 11 is 12.4. The summed E-state index contributed by atoms with van der Waals surface area (Å²) in [6.45, 7) is 2.65. The van der Waals surface area contributed by atoms with Gasteiger partial charge in [-0.15, -0.1) is 12.4 Å². The standard InChI is InChI=1S/C24H28Cl2N2O2.ClH/c25-21-7-3-16(14-22(21)26)13-20-19-15-18(30-12-9-24(27)29)6-4-17(19)5-8-23(20)28-10-1-2-11-28;/h3-4,6-7,14-15,20,23H,1-2,5,8-13H2,(H2,27,29);1H. The molecule has 0 spiro atoms. The number of benzene rings is 2. The Balaban J connectivity index is 0.00000272. The van der Waals surface area contributed by atoms with Gasteiger partial charge < -0.3 is 10.5 Å². The van der Waals surface area contributed by atoms with Gasteiger partial charge in [0.15, 0.2) is 0 Å². The van der Waals surface area contributed by atoms with Crippen LogP contribution in [0.15, 0.2) is 36.4 Å². The Bertz CT molecular complexity index is 916. The third-order valence-electron chi connectivity index (χ3n) is 6.36. The van der Waals surface area contributed by atoms with Gasteiger partial charge in [-0.25, -0.2) is 0 Å². The van der Waals surface area contributed by atoms with Crippen LogP contribution in [0.3, 0.4) is 0 Å². The molecule has 1 aliphatic carbocycles. The Hall–Kier alpha value is -1.46. The zero-order chi connectivity index (χ0) is 21.1. The quantitative estimate of drug-likeness (QED) is 0.573. The Morgan fingerprint density at radius 3 is 2.58 bits per heavy atom. The number of hydrogen-bond donors (Lipinski definition) is 1. The van der Waals surface area contributed by atoms with Crippen LogP contribution < -0.4 is 10.5 Å². The third-order valence-corrected chi connectivity index (χ3v) is 7.10. The minimum absolute atomic E-state index is 0. The molecule has 0 aromatic heterocycles. The Morgan fingerprint density at radius 2 is 1.87 bits per heavy atom. The summed E-state index contributed by atoms with van der Waals surface area (Å²) in [4.78, 5) is 13.7. The number of fused-ring (bicyclic) bond motifs is 1. The molecule has 2 N–H and O–H groups in total. The number of aryl methyl sites for hydroxylation is 1. The van der Waals surface area contributed by atoms with Gasteiger partial charge in [0.2, 0.25) is 5.91 Å². The van der Waals surface area contributed by atoms with Crippen molar-refractivity contribution in [2.75, 3.05) is 19.7 Å². The topological polar surface area (TPSA) is 55.6 Å². The van der Waals surface area contributed by atoms with Gasteiger partial charge >= 0.3 is 0 Å². The molecular weight excluding hydrogens is 455 g/mol. The van der Waals surface area contributed by atoms with Gasteiger partial charge in [0.1, 0.15) is 5.75 Å². The summed E-state index contributed by atoms with van der Waals surface area (Å²) in [6, 6.07) is 12.8. The maximum atomic E-state index is 11.0. The molecule has 2 atom stereocenters. The lowest BCUT2D eigenvalue weighted by Gasteiger charge is -2.39. The number of likely N-dealkylation sites (tertiary alicyclic amines) is 1. The molecular formula is C24H29Cl3N2O2. The van der Waals surface area contributed by atoms with E-state index in [1.54, 1.807) is 0 Å². The van der Waals surface area contributed by atoms with E-state index < -0.39 is 0 Å². The van der Waals surface area contributed by atoms with Crippen LogP contribution in [0.1, 0.15) is 48.3 Å². The van der Waals surface area contributed by atoms with Crippen LogP contribution in [0.25, 0.3) is 0 Å². The highest BCUT2D eigenvalue weighted by molar-refractivity contribution is 6.42. The van der Waals surface area contributed by atoms with Gasteiger partial charge in [-0.1, -0.05) is 35.3 Å². The first-order chi connectivity index (χ1) is 14.5. The van der Waals surface area contributed by atoms with Crippen molar-refractivity contribution in [1.29, 1.82) is 0 Å². The number of halogens is 3. The van der Waals surface area contributed by atoms with Crippen molar-refractivity contribution in [1.82, 2.24) is 4.90 Å². The minimum Gasteiger partial charge on any atom is -0.493 e.